The van der Waals surface area contributed by atoms with Crippen LogP contribution in [0.15, 0.2) is 18.2 Å². The molecule has 0 fully saturated rings. The molecular weight excluding hydrogens is 247 g/mol. The van der Waals surface area contributed by atoms with Gasteiger partial charge in [-0.25, -0.2) is 0 Å². The fourth-order valence-corrected chi connectivity index (χ4v) is 1.11. The van der Waals surface area contributed by atoms with E-state index < -0.39 is 22.9 Å². The predicted molar refractivity (Wildman–Crippen MR) is 48.0 cm³/mol. The van der Waals surface area contributed by atoms with Gasteiger partial charge in [0.2, 0.25) is 0 Å². The number of benzene rings is 1. The normalized spacial score (nSPS) is 10.7. The minimum Gasteiger partial charge on any atom is -0.405 e. The maximum absolute atomic E-state index is 11.9. The van der Waals surface area contributed by atoms with E-state index >= 15 is 0 Å². The van der Waals surface area contributed by atoms with E-state index in [1.54, 1.807) is 6.07 Å². The summed E-state index contributed by atoms with van der Waals surface area (Å²) in [6.45, 7) is 0. The van der Waals surface area contributed by atoms with Gasteiger partial charge in [0.1, 0.15) is 5.75 Å². The number of carbonyl (C=O) groups is 1. The Morgan fingerprint density at radius 1 is 1.44 bits per heavy atom. The Morgan fingerprint density at radius 3 is 2.50 bits per heavy atom. The van der Waals surface area contributed by atoms with Crippen molar-refractivity contribution in [3.8, 4) is 11.8 Å². The summed E-state index contributed by atoms with van der Waals surface area (Å²) in [5, 5.41) is 7.37. The minimum atomic E-state index is -4.92. The molecule has 0 atom stereocenters. The zero-order chi connectivity index (χ0) is 12.3. The number of nitriles is 1. The van der Waals surface area contributed by atoms with Crippen LogP contribution in [0.1, 0.15) is 15.9 Å². The number of hydrogen-bond acceptors (Lipinski definition) is 3. The molecule has 7 heteroatoms. The first-order valence-electron chi connectivity index (χ1n) is 3.83. The van der Waals surface area contributed by atoms with Crippen LogP contribution in [0.4, 0.5) is 13.2 Å². The number of nitrogens with zero attached hydrogens (tertiary/aromatic N) is 1. The maximum atomic E-state index is 11.9. The molecule has 0 aliphatic heterocycles. The average molecular weight is 250 g/mol. The monoisotopic (exact) mass is 249 g/mol. The topological polar surface area (TPSA) is 50.1 Å². The van der Waals surface area contributed by atoms with Gasteiger partial charge >= 0.3 is 6.36 Å². The van der Waals surface area contributed by atoms with Gasteiger partial charge in [-0.1, -0.05) is 0 Å². The predicted octanol–water partition coefficient (Wildman–Crippen LogP) is 2.84. The first-order valence-corrected chi connectivity index (χ1v) is 4.21. The molecule has 0 amide bonds. The number of alkyl halides is 3. The second-order valence-corrected chi connectivity index (χ2v) is 2.99. The Bertz CT molecular complexity index is 465. The molecule has 0 saturated carbocycles. The standard InChI is InChI=1S/C9H3ClF3NO2/c10-8(15)6-3-5(4-14)1-2-7(6)16-9(11,12)13/h1-3H. The van der Waals surface area contributed by atoms with Crippen molar-refractivity contribution < 1.29 is 22.7 Å². The molecule has 1 aromatic carbocycles. The third-order valence-electron chi connectivity index (χ3n) is 1.55. The Labute approximate surface area is 93.0 Å². The van der Waals surface area contributed by atoms with E-state index in [4.69, 9.17) is 16.9 Å². The Hall–Kier alpha value is -1.74. The van der Waals surface area contributed by atoms with Crippen molar-refractivity contribution in [2.45, 2.75) is 6.36 Å². The lowest BCUT2D eigenvalue weighted by molar-refractivity contribution is -0.274. The van der Waals surface area contributed by atoms with Crippen LogP contribution in [0.25, 0.3) is 0 Å². The van der Waals surface area contributed by atoms with E-state index in [9.17, 15) is 18.0 Å². The fourth-order valence-electron chi connectivity index (χ4n) is 0.967. The molecule has 1 rings (SSSR count). The minimum absolute atomic E-state index is 0.0125. The van der Waals surface area contributed by atoms with Crippen molar-refractivity contribution in [1.29, 1.82) is 5.26 Å². The van der Waals surface area contributed by atoms with Crippen LogP contribution in [0.5, 0.6) is 5.75 Å². The second kappa shape index (κ2) is 4.41. The molecule has 0 unspecified atom stereocenters. The highest BCUT2D eigenvalue weighted by atomic mass is 35.5. The smallest absolute Gasteiger partial charge is 0.405 e. The van der Waals surface area contributed by atoms with Crippen LogP contribution in [-0.4, -0.2) is 11.6 Å². The lowest BCUT2D eigenvalue weighted by Crippen LogP contribution is -2.18. The zero-order valence-electron chi connectivity index (χ0n) is 7.51. The van der Waals surface area contributed by atoms with Gasteiger partial charge in [0.05, 0.1) is 17.2 Å². The molecule has 84 valence electrons. The van der Waals surface area contributed by atoms with Crippen LogP contribution in [0.3, 0.4) is 0 Å². The molecule has 0 heterocycles. The van der Waals surface area contributed by atoms with Gasteiger partial charge < -0.3 is 4.74 Å². The number of ether oxygens (including phenoxy) is 1. The maximum Gasteiger partial charge on any atom is 0.573 e. The second-order valence-electron chi connectivity index (χ2n) is 2.64. The molecule has 0 aliphatic rings. The molecule has 0 spiro atoms. The van der Waals surface area contributed by atoms with E-state index in [0.717, 1.165) is 18.2 Å². The SMILES string of the molecule is N#Cc1ccc(OC(F)(F)F)c(C(=O)Cl)c1. The van der Waals surface area contributed by atoms with Gasteiger partial charge in [0.15, 0.2) is 0 Å². The molecular formula is C9H3ClF3NO2. The quantitative estimate of drug-likeness (QED) is 0.757. The van der Waals surface area contributed by atoms with Crippen LogP contribution in [0, 0.1) is 11.3 Å². The first-order chi connectivity index (χ1) is 7.33. The molecule has 0 saturated heterocycles. The van der Waals surface area contributed by atoms with Crippen molar-refractivity contribution in [2.75, 3.05) is 0 Å². The fraction of sp³-hybridized carbons (Fsp3) is 0.111. The summed E-state index contributed by atoms with van der Waals surface area (Å²) in [5.41, 5.74) is -0.489. The highest BCUT2D eigenvalue weighted by molar-refractivity contribution is 6.68. The third kappa shape index (κ3) is 3.14. The van der Waals surface area contributed by atoms with Gasteiger partial charge in [0.25, 0.3) is 5.24 Å². The summed E-state index contributed by atoms with van der Waals surface area (Å²) in [4.78, 5) is 10.8. The van der Waals surface area contributed by atoms with E-state index in [0.29, 0.717) is 0 Å². The molecule has 0 N–H and O–H groups in total. The lowest BCUT2D eigenvalue weighted by Gasteiger charge is -2.11. The lowest BCUT2D eigenvalue weighted by atomic mass is 10.1. The highest BCUT2D eigenvalue weighted by Gasteiger charge is 2.32. The van der Waals surface area contributed by atoms with Crippen molar-refractivity contribution in [2.24, 2.45) is 0 Å². The van der Waals surface area contributed by atoms with Crippen molar-refractivity contribution >= 4 is 16.8 Å². The van der Waals surface area contributed by atoms with Gasteiger partial charge in [0, 0.05) is 0 Å². The average Bonchev–Trinajstić information content (AvgIpc) is 2.15. The van der Waals surface area contributed by atoms with E-state index in [1.807, 2.05) is 0 Å². The van der Waals surface area contributed by atoms with Crippen molar-refractivity contribution in [3.63, 3.8) is 0 Å². The molecule has 3 nitrogen and oxygen atoms in total. The van der Waals surface area contributed by atoms with Gasteiger partial charge in [-0.3, -0.25) is 4.79 Å². The first kappa shape index (κ1) is 12.3. The summed E-state index contributed by atoms with van der Waals surface area (Å²) in [7, 11) is 0. The number of hydrogen-bond donors (Lipinski definition) is 0. The molecule has 1 aromatic rings. The number of rotatable bonds is 2. The molecule has 16 heavy (non-hydrogen) atoms. The summed E-state index contributed by atoms with van der Waals surface area (Å²) in [6, 6.07) is 4.54. The van der Waals surface area contributed by atoms with Crippen LogP contribution in [0.2, 0.25) is 0 Å². The highest BCUT2D eigenvalue weighted by Crippen LogP contribution is 2.28. The molecule has 0 aromatic heterocycles. The largest absolute Gasteiger partial charge is 0.573 e. The van der Waals surface area contributed by atoms with Gasteiger partial charge in [-0.2, -0.15) is 5.26 Å². The summed E-state index contributed by atoms with van der Waals surface area (Å²) in [6.07, 6.45) is -4.92. The van der Waals surface area contributed by atoms with Crippen molar-refractivity contribution in [3.05, 3.63) is 29.3 Å². The summed E-state index contributed by atoms with van der Waals surface area (Å²) < 4.78 is 39.4. The zero-order valence-corrected chi connectivity index (χ0v) is 8.26. The molecule has 0 aliphatic carbocycles. The van der Waals surface area contributed by atoms with E-state index in [-0.39, 0.29) is 5.56 Å². The van der Waals surface area contributed by atoms with Crippen LogP contribution >= 0.6 is 11.6 Å². The van der Waals surface area contributed by atoms with Crippen LogP contribution in [-0.2, 0) is 0 Å². The Balaban J connectivity index is 3.20. The Morgan fingerprint density at radius 2 is 2.06 bits per heavy atom. The van der Waals surface area contributed by atoms with E-state index in [2.05, 4.69) is 4.74 Å². The van der Waals surface area contributed by atoms with Crippen molar-refractivity contribution in [1.82, 2.24) is 0 Å². The molecule has 0 bridgehead atoms. The van der Waals surface area contributed by atoms with E-state index in [1.165, 1.54) is 0 Å². The Kier molecular flexibility index (Phi) is 3.40. The van der Waals surface area contributed by atoms with Crippen LogP contribution < -0.4 is 4.74 Å². The molecule has 0 radical (unpaired) electrons. The number of halogens is 4. The van der Waals surface area contributed by atoms with Gasteiger partial charge in [-0.15, -0.1) is 13.2 Å². The third-order valence-corrected chi connectivity index (χ3v) is 1.75. The van der Waals surface area contributed by atoms with Gasteiger partial charge in [-0.05, 0) is 29.8 Å². The summed E-state index contributed by atoms with van der Waals surface area (Å²) >= 11 is 5.07. The summed E-state index contributed by atoms with van der Waals surface area (Å²) in [5.74, 6) is -0.730. The number of carbonyl (C=O) groups excluding carboxylic acids is 1.